The van der Waals surface area contributed by atoms with Gasteiger partial charge < -0.3 is 15.2 Å². The van der Waals surface area contributed by atoms with Crippen LogP contribution in [0, 0.1) is 5.82 Å². The molecule has 1 atom stereocenters. The topological polar surface area (TPSA) is 75.6 Å². The predicted octanol–water partition coefficient (Wildman–Crippen LogP) is 5.51. The summed E-state index contributed by atoms with van der Waals surface area (Å²) in [6, 6.07) is 13.1. The number of aromatic carboxylic acids is 1. The lowest BCUT2D eigenvalue weighted by Gasteiger charge is -2.24. The van der Waals surface area contributed by atoms with Crippen LogP contribution in [-0.4, -0.2) is 23.1 Å². The average molecular weight is 425 g/mol. The Morgan fingerprint density at radius 2 is 1.83 bits per heavy atom. The molecular weight excluding hydrogens is 405 g/mol. The van der Waals surface area contributed by atoms with Crippen LogP contribution >= 0.6 is 11.3 Å². The highest BCUT2D eigenvalue weighted by Crippen LogP contribution is 2.49. The van der Waals surface area contributed by atoms with E-state index in [1.165, 1.54) is 24.3 Å². The summed E-state index contributed by atoms with van der Waals surface area (Å²) in [6.45, 7) is 3.89. The number of carbonyl (C=O) groups is 2. The number of benzene rings is 2. The Bertz CT molecular complexity index is 1100. The number of anilines is 1. The number of carboxylic acids is 1. The fourth-order valence-corrected chi connectivity index (χ4v) is 4.90. The van der Waals surface area contributed by atoms with Crippen LogP contribution in [0.15, 0.2) is 48.5 Å². The monoisotopic (exact) mass is 425 g/mol. The number of carboxylic acid groups (broad SMARTS) is 1. The predicted molar refractivity (Wildman–Crippen MR) is 114 cm³/mol. The van der Waals surface area contributed by atoms with Crippen LogP contribution in [0.1, 0.15) is 46.3 Å². The summed E-state index contributed by atoms with van der Waals surface area (Å²) in [6.07, 6.45) is 0.274. The minimum absolute atomic E-state index is 0.0524. The van der Waals surface area contributed by atoms with Crippen molar-refractivity contribution in [1.82, 2.24) is 0 Å². The van der Waals surface area contributed by atoms with Crippen LogP contribution in [0.25, 0.3) is 11.1 Å². The van der Waals surface area contributed by atoms with Gasteiger partial charge in [-0.2, -0.15) is 0 Å². The van der Waals surface area contributed by atoms with Gasteiger partial charge in [-0.1, -0.05) is 24.3 Å². The van der Waals surface area contributed by atoms with Gasteiger partial charge in [0, 0.05) is 22.8 Å². The molecule has 2 N–H and O–H groups in total. The van der Waals surface area contributed by atoms with Gasteiger partial charge in [-0.15, -0.1) is 11.3 Å². The Balaban J connectivity index is 1.81. The van der Waals surface area contributed by atoms with Crippen molar-refractivity contribution in [1.29, 1.82) is 0 Å². The fourth-order valence-electron chi connectivity index (χ4n) is 3.65. The minimum atomic E-state index is -1.08. The summed E-state index contributed by atoms with van der Waals surface area (Å²) in [5.74, 6) is -1.21. The quantitative estimate of drug-likeness (QED) is 0.565. The van der Waals surface area contributed by atoms with Crippen molar-refractivity contribution in [3.8, 4) is 16.9 Å². The first-order valence-corrected chi connectivity index (χ1v) is 10.4. The summed E-state index contributed by atoms with van der Waals surface area (Å²) >= 11 is 1.15. The summed E-state index contributed by atoms with van der Waals surface area (Å²) in [4.78, 5) is 25.4. The van der Waals surface area contributed by atoms with Gasteiger partial charge in [0.15, 0.2) is 0 Å². The minimum Gasteiger partial charge on any atom is -0.491 e. The maximum absolute atomic E-state index is 13.4. The van der Waals surface area contributed by atoms with Gasteiger partial charge in [-0.05, 0) is 49.2 Å². The number of halogens is 1. The number of amides is 1. The van der Waals surface area contributed by atoms with E-state index in [4.69, 9.17) is 4.74 Å². The van der Waals surface area contributed by atoms with Crippen molar-refractivity contribution in [3.63, 3.8) is 0 Å². The molecule has 0 bridgehead atoms. The van der Waals surface area contributed by atoms with Gasteiger partial charge in [0.25, 0.3) is 0 Å². The standard InChI is InChI=1S/C23H20FNO4S/c1-12(2)29-16-9-5-13(6-10-16)17-11-18(26)25-20-19(14-3-7-15(24)8-4-14)22(23(27)28)30-21(17)20/h3-10,12,17H,11H2,1-2H3,(H,25,26)(H,27,28)/t17-/m0/s1. The lowest BCUT2D eigenvalue weighted by Crippen LogP contribution is -2.22. The molecule has 0 spiro atoms. The highest BCUT2D eigenvalue weighted by molar-refractivity contribution is 7.15. The van der Waals surface area contributed by atoms with Crippen LogP contribution in [0.4, 0.5) is 10.1 Å². The van der Waals surface area contributed by atoms with Crippen molar-refractivity contribution in [2.45, 2.75) is 32.3 Å². The molecule has 0 fully saturated rings. The first-order valence-electron chi connectivity index (χ1n) is 9.56. The van der Waals surface area contributed by atoms with Crippen LogP contribution in [0.5, 0.6) is 5.75 Å². The van der Waals surface area contributed by atoms with E-state index in [9.17, 15) is 19.1 Å². The van der Waals surface area contributed by atoms with Crippen LogP contribution in [-0.2, 0) is 4.79 Å². The van der Waals surface area contributed by atoms with Crippen molar-refractivity contribution in [2.24, 2.45) is 0 Å². The smallest absolute Gasteiger partial charge is 0.346 e. The van der Waals surface area contributed by atoms with Crippen LogP contribution in [0.3, 0.4) is 0 Å². The highest BCUT2D eigenvalue weighted by atomic mass is 32.1. The van der Waals surface area contributed by atoms with Gasteiger partial charge >= 0.3 is 5.97 Å². The molecule has 4 rings (SSSR count). The van der Waals surface area contributed by atoms with E-state index in [2.05, 4.69) is 5.32 Å². The summed E-state index contributed by atoms with van der Waals surface area (Å²) in [5.41, 5.74) is 2.37. The molecule has 0 unspecified atom stereocenters. The molecule has 2 aromatic carbocycles. The summed E-state index contributed by atoms with van der Waals surface area (Å²) in [7, 11) is 0. The number of rotatable bonds is 5. The molecule has 1 aliphatic rings. The molecule has 7 heteroatoms. The van der Waals surface area contributed by atoms with E-state index in [1.54, 1.807) is 0 Å². The molecule has 30 heavy (non-hydrogen) atoms. The summed E-state index contributed by atoms with van der Waals surface area (Å²) in [5, 5.41) is 12.6. The number of thiophene rings is 1. The Morgan fingerprint density at radius 3 is 2.43 bits per heavy atom. The number of carbonyl (C=O) groups excluding carboxylic acids is 1. The van der Waals surface area contributed by atoms with E-state index in [-0.39, 0.29) is 29.2 Å². The van der Waals surface area contributed by atoms with Gasteiger partial charge in [0.1, 0.15) is 16.4 Å². The van der Waals surface area contributed by atoms with Crippen molar-refractivity contribution < 1.29 is 23.8 Å². The Labute approximate surface area is 177 Å². The normalized spacial score (nSPS) is 15.6. The molecule has 5 nitrogen and oxygen atoms in total. The van der Waals surface area contributed by atoms with Gasteiger partial charge in [-0.3, -0.25) is 4.79 Å². The molecule has 3 aromatic rings. The van der Waals surface area contributed by atoms with Crippen molar-refractivity contribution in [2.75, 3.05) is 5.32 Å². The lowest BCUT2D eigenvalue weighted by molar-refractivity contribution is -0.116. The Morgan fingerprint density at radius 1 is 1.17 bits per heavy atom. The highest BCUT2D eigenvalue weighted by Gasteiger charge is 2.34. The summed E-state index contributed by atoms with van der Waals surface area (Å²) < 4.78 is 19.1. The van der Waals surface area contributed by atoms with E-state index in [0.717, 1.165) is 27.5 Å². The van der Waals surface area contributed by atoms with Crippen LogP contribution < -0.4 is 10.1 Å². The molecule has 0 saturated carbocycles. The number of nitrogens with one attached hydrogen (secondary N) is 1. The molecule has 0 aliphatic carbocycles. The molecule has 0 saturated heterocycles. The van der Waals surface area contributed by atoms with Gasteiger partial charge in [-0.25, -0.2) is 9.18 Å². The maximum atomic E-state index is 13.4. The van der Waals surface area contributed by atoms with E-state index in [0.29, 0.717) is 16.8 Å². The zero-order valence-electron chi connectivity index (χ0n) is 16.4. The first kappa shape index (κ1) is 20.1. The molecule has 1 amide bonds. The number of fused-ring (bicyclic) bond motifs is 1. The zero-order valence-corrected chi connectivity index (χ0v) is 17.3. The van der Waals surface area contributed by atoms with Crippen LogP contribution in [0.2, 0.25) is 0 Å². The molecule has 2 heterocycles. The van der Waals surface area contributed by atoms with Crippen molar-refractivity contribution in [3.05, 3.63) is 69.7 Å². The SMILES string of the molecule is CC(C)Oc1ccc([C@@H]2CC(=O)Nc3c2sc(C(=O)O)c3-c2ccc(F)cc2)cc1. The second-order valence-electron chi connectivity index (χ2n) is 7.40. The third kappa shape index (κ3) is 3.80. The van der Waals surface area contributed by atoms with E-state index in [1.807, 2.05) is 38.1 Å². The second-order valence-corrected chi connectivity index (χ2v) is 8.45. The van der Waals surface area contributed by atoms with E-state index < -0.39 is 11.8 Å². The molecule has 1 aromatic heterocycles. The first-order chi connectivity index (χ1) is 14.3. The number of hydrogen-bond donors (Lipinski definition) is 2. The van der Waals surface area contributed by atoms with Gasteiger partial charge in [0.2, 0.25) is 5.91 Å². The number of hydrogen-bond acceptors (Lipinski definition) is 4. The second kappa shape index (κ2) is 7.91. The van der Waals surface area contributed by atoms with Crippen molar-refractivity contribution >= 4 is 28.9 Å². The Hall–Kier alpha value is -3.19. The molecule has 0 radical (unpaired) electrons. The molecular formula is C23H20FNO4S. The largest absolute Gasteiger partial charge is 0.491 e. The molecule has 1 aliphatic heterocycles. The third-order valence-corrected chi connectivity index (χ3v) is 6.18. The van der Waals surface area contributed by atoms with Gasteiger partial charge in [0.05, 0.1) is 11.8 Å². The lowest BCUT2D eigenvalue weighted by atomic mass is 9.88. The Kier molecular flexibility index (Phi) is 5.30. The average Bonchev–Trinajstić information content (AvgIpc) is 3.08. The zero-order chi connectivity index (χ0) is 21.4. The molecule has 154 valence electrons. The maximum Gasteiger partial charge on any atom is 0.346 e. The fraction of sp³-hybridized carbons (Fsp3) is 0.217. The van der Waals surface area contributed by atoms with E-state index >= 15 is 0 Å². The number of ether oxygens (including phenoxy) is 1. The third-order valence-electron chi connectivity index (χ3n) is 4.89.